The van der Waals surface area contributed by atoms with Gasteiger partial charge in [-0.1, -0.05) is 0 Å². The Balaban J connectivity index is 1.83. The summed E-state index contributed by atoms with van der Waals surface area (Å²) in [6, 6.07) is 0.659. The fourth-order valence-electron chi connectivity index (χ4n) is 1.75. The molecule has 1 fully saturated rings. The van der Waals surface area contributed by atoms with E-state index in [9.17, 15) is 4.39 Å². The summed E-state index contributed by atoms with van der Waals surface area (Å²) in [6.07, 6.45) is 2.55. The van der Waals surface area contributed by atoms with Gasteiger partial charge in [0.05, 0.1) is 6.61 Å². The molecule has 1 aliphatic heterocycles. The summed E-state index contributed by atoms with van der Waals surface area (Å²) in [6.45, 7) is 5.62. The first-order valence-corrected chi connectivity index (χ1v) is 5.95. The standard InChI is InChI=1S/C11H23FN2O/c1-10(12)9-15-8-2-5-14-11-3-6-13-7-4-11/h10-11,13-14H,2-9H2,1H3. The number of alkyl halides is 1. The van der Waals surface area contributed by atoms with Crippen molar-refractivity contribution in [2.24, 2.45) is 0 Å². The van der Waals surface area contributed by atoms with Crippen molar-refractivity contribution in [3.63, 3.8) is 0 Å². The number of hydrogen-bond acceptors (Lipinski definition) is 3. The van der Waals surface area contributed by atoms with Crippen LogP contribution < -0.4 is 10.6 Å². The Morgan fingerprint density at radius 3 is 2.87 bits per heavy atom. The third-order valence-electron chi connectivity index (χ3n) is 2.59. The highest BCUT2D eigenvalue weighted by Gasteiger charge is 2.10. The number of rotatable bonds is 7. The van der Waals surface area contributed by atoms with Crippen LogP contribution in [0.4, 0.5) is 4.39 Å². The van der Waals surface area contributed by atoms with Gasteiger partial charge in [0.2, 0.25) is 0 Å². The van der Waals surface area contributed by atoms with Crippen molar-refractivity contribution in [3.05, 3.63) is 0 Å². The Kier molecular flexibility index (Phi) is 6.88. The van der Waals surface area contributed by atoms with Crippen molar-refractivity contribution in [2.45, 2.75) is 38.4 Å². The van der Waals surface area contributed by atoms with Crippen molar-refractivity contribution in [2.75, 3.05) is 32.8 Å². The Labute approximate surface area is 91.8 Å². The summed E-state index contributed by atoms with van der Waals surface area (Å²) >= 11 is 0. The maximum Gasteiger partial charge on any atom is 0.121 e. The van der Waals surface area contributed by atoms with Crippen LogP contribution in [0.2, 0.25) is 0 Å². The maximum atomic E-state index is 12.4. The molecule has 0 aromatic carbocycles. The smallest absolute Gasteiger partial charge is 0.121 e. The Hall–Kier alpha value is -0.190. The molecule has 1 unspecified atom stereocenters. The lowest BCUT2D eigenvalue weighted by Crippen LogP contribution is -2.40. The first-order valence-electron chi connectivity index (χ1n) is 5.95. The Morgan fingerprint density at radius 1 is 1.47 bits per heavy atom. The van der Waals surface area contributed by atoms with Crippen LogP contribution in [-0.2, 0) is 4.74 Å². The molecule has 0 aromatic rings. The second-order valence-corrected chi connectivity index (χ2v) is 4.19. The third-order valence-corrected chi connectivity index (χ3v) is 2.59. The van der Waals surface area contributed by atoms with E-state index in [1.54, 1.807) is 0 Å². The summed E-state index contributed by atoms with van der Waals surface area (Å²) in [5, 5.41) is 6.83. The van der Waals surface area contributed by atoms with E-state index in [0.29, 0.717) is 12.6 Å². The molecule has 2 N–H and O–H groups in total. The van der Waals surface area contributed by atoms with E-state index in [4.69, 9.17) is 4.74 Å². The van der Waals surface area contributed by atoms with Gasteiger partial charge < -0.3 is 15.4 Å². The average molecular weight is 218 g/mol. The molecular formula is C11H23FN2O. The lowest BCUT2D eigenvalue weighted by Gasteiger charge is -2.23. The summed E-state index contributed by atoms with van der Waals surface area (Å²) in [5.74, 6) is 0. The summed E-state index contributed by atoms with van der Waals surface area (Å²) < 4.78 is 17.5. The summed E-state index contributed by atoms with van der Waals surface area (Å²) in [5.41, 5.74) is 0. The first-order chi connectivity index (χ1) is 7.29. The monoisotopic (exact) mass is 218 g/mol. The van der Waals surface area contributed by atoms with E-state index >= 15 is 0 Å². The summed E-state index contributed by atoms with van der Waals surface area (Å²) in [7, 11) is 0. The van der Waals surface area contributed by atoms with Gasteiger partial charge in [-0.3, -0.25) is 0 Å². The van der Waals surface area contributed by atoms with Gasteiger partial charge in [0.15, 0.2) is 0 Å². The number of halogens is 1. The fraction of sp³-hybridized carbons (Fsp3) is 1.00. The molecule has 90 valence electrons. The van der Waals surface area contributed by atoms with E-state index in [1.807, 2.05) is 0 Å². The fourth-order valence-corrected chi connectivity index (χ4v) is 1.75. The average Bonchev–Trinajstić information content (AvgIpc) is 2.24. The lowest BCUT2D eigenvalue weighted by molar-refractivity contribution is 0.0853. The molecule has 1 saturated heterocycles. The number of piperidine rings is 1. The van der Waals surface area contributed by atoms with E-state index in [-0.39, 0.29) is 6.61 Å². The normalized spacial score (nSPS) is 20.4. The van der Waals surface area contributed by atoms with Crippen LogP contribution in [0.3, 0.4) is 0 Å². The molecule has 4 heteroatoms. The lowest BCUT2D eigenvalue weighted by atomic mass is 10.1. The predicted octanol–water partition coefficient (Wildman–Crippen LogP) is 1.09. The first kappa shape index (κ1) is 12.9. The van der Waals surface area contributed by atoms with Gasteiger partial charge in [-0.15, -0.1) is 0 Å². The molecular weight excluding hydrogens is 195 g/mol. The van der Waals surface area contributed by atoms with Gasteiger partial charge in [-0.25, -0.2) is 4.39 Å². The highest BCUT2D eigenvalue weighted by molar-refractivity contribution is 4.73. The van der Waals surface area contributed by atoms with Gasteiger partial charge in [0, 0.05) is 12.6 Å². The van der Waals surface area contributed by atoms with Crippen LogP contribution in [0, 0.1) is 0 Å². The molecule has 1 heterocycles. The highest BCUT2D eigenvalue weighted by atomic mass is 19.1. The molecule has 0 radical (unpaired) electrons. The van der Waals surface area contributed by atoms with Crippen molar-refractivity contribution < 1.29 is 9.13 Å². The maximum absolute atomic E-state index is 12.4. The summed E-state index contributed by atoms with van der Waals surface area (Å²) in [4.78, 5) is 0. The van der Waals surface area contributed by atoms with Gasteiger partial charge in [0.1, 0.15) is 6.17 Å². The van der Waals surface area contributed by atoms with Gasteiger partial charge >= 0.3 is 0 Å². The zero-order valence-corrected chi connectivity index (χ0v) is 9.60. The molecule has 0 aromatic heterocycles. The highest BCUT2D eigenvalue weighted by Crippen LogP contribution is 2.01. The van der Waals surface area contributed by atoms with Crippen molar-refractivity contribution in [1.29, 1.82) is 0 Å². The van der Waals surface area contributed by atoms with Crippen LogP contribution in [0.5, 0.6) is 0 Å². The molecule has 0 amide bonds. The van der Waals surface area contributed by atoms with Crippen LogP contribution in [0.25, 0.3) is 0 Å². The molecule has 0 aliphatic carbocycles. The predicted molar refractivity (Wildman–Crippen MR) is 59.9 cm³/mol. The SMILES string of the molecule is CC(F)COCCCNC1CCNCC1. The zero-order valence-electron chi connectivity index (χ0n) is 9.60. The van der Waals surface area contributed by atoms with Crippen LogP contribution in [0.15, 0.2) is 0 Å². The quantitative estimate of drug-likeness (QED) is 0.628. The van der Waals surface area contributed by atoms with Crippen molar-refractivity contribution >= 4 is 0 Å². The van der Waals surface area contributed by atoms with E-state index < -0.39 is 6.17 Å². The minimum absolute atomic E-state index is 0.230. The number of nitrogens with one attached hydrogen (secondary N) is 2. The van der Waals surface area contributed by atoms with Crippen LogP contribution in [0.1, 0.15) is 26.2 Å². The van der Waals surface area contributed by atoms with E-state index in [0.717, 1.165) is 26.1 Å². The second kappa shape index (κ2) is 8.02. The molecule has 0 saturated carbocycles. The molecule has 0 bridgehead atoms. The molecule has 1 rings (SSSR count). The number of ether oxygens (including phenoxy) is 1. The third kappa shape index (κ3) is 6.82. The Morgan fingerprint density at radius 2 is 2.20 bits per heavy atom. The molecule has 1 aliphatic rings. The van der Waals surface area contributed by atoms with Crippen molar-refractivity contribution in [1.82, 2.24) is 10.6 Å². The van der Waals surface area contributed by atoms with Crippen molar-refractivity contribution in [3.8, 4) is 0 Å². The topological polar surface area (TPSA) is 33.3 Å². The molecule has 15 heavy (non-hydrogen) atoms. The minimum Gasteiger partial charge on any atom is -0.378 e. The zero-order chi connectivity index (χ0) is 10.9. The molecule has 3 nitrogen and oxygen atoms in total. The van der Waals surface area contributed by atoms with Crippen LogP contribution in [-0.4, -0.2) is 45.1 Å². The van der Waals surface area contributed by atoms with Gasteiger partial charge in [-0.2, -0.15) is 0 Å². The van der Waals surface area contributed by atoms with Gasteiger partial charge in [0.25, 0.3) is 0 Å². The molecule has 0 spiro atoms. The number of hydrogen-bond donors (Lipinski definition) is 2. The van der Waals surface area contributed by atoms with E-state index in [2.05, 4.69) is 10.6 Å². The van der Waals surface area contributed by atoms with Crippen LogP contribution >= 0.6 is 0 Å². The second-order valence-electron chi connectivity index (χ2n) is 4.19. The van der Waals surface area contributed by atoms with Gasteiger partial charge in [-0.05, 0) is 45.8 Å². The Bertz CT molecular complexity index is 150. The minimum atomic E-state index is -0.845. The van der Waals surface area contributed by atoms with E-state index in [1.165, 1.54) is 19.8 Å². The molecule has 1 atom stereocenters. The largest absolute Gasteiger partial charge is 0.378 e.